The van der Waals surface area contributed by atoms with Gasteiger partial charge in [0.1, 0.15) is 0 Å². The van der Waals surface area contributed by atoms with Gasteiger partial charge in [-0.1, -0.05) is 49.6 Å². The first-order chi connectivity index (χ1) is 11.5. The minimum atomic E-state index is -3.35. The van der Waals surface area contributed by atoms with Gasteiger partial charge in [-0.15, -0.1) is 0 Å². The Balaban J connectivity index is 1.68. The Hall–Kier alpha value is -0.950. The second-order valence-corrected chi connectivity index (χ2v) is 8.60. The van der Waals surface area contributed by atoms with Crippen molar-refractivity contribution in [2.24, 2.45) is 0 Å². The van der Waals surface area contributed by atoms with E-state index >= 15 is 0 Å². The highest BCUT2D eigenvalue weighted by Gasteiger charge is 2.26. The van der Waals surface area contributed by atoms with Crippen LogP contribution >= 0.6 is 0 Å². The quantitative estimate of drug-likeness (QED) is 0.694. The molecule has 0 spiro atoms. The van der Waals surface area contributed by atoms with E-state index in [0.29, 0.717) is 6.54 Å². The minimum absolute atomic E-state index is 0.164. The molecule has 0 heterocycles. The molecule has 1 aromatic rings. The molecule has 0 aromatic heterocycles. The van der Waals surface area contributed by atoms with Gasteiger partial charge in [-0.3, -0.25) is 0 Å². The molecule has 0 unspecified atom stereocenters. The van der Waals surface area contributed by atoms with Gasteiger partial charge in [0.2, 0.25) is 0 Å². The normalized spacial score (nSPS) is 16.8. The van der Waals surface area contributed by atoms with E-state index in [4.69, 9.17) is 0 Å². The van der Waals surface area contributed by atoms with Crippen LogP contribution in [0, 0.1) is 0 Å². The Morgan fingerprint density at radius 2 is 1.75 bits per heavy atom. The Kier molecular flexibility index (Phi) is 7.68. The molecule has 0 bridgehead atoms. The zero-order valence-corrected chi connectivity index (χ0v) is 15.8. The first-order valence-electron chi connectivity index (χ1n) is 8.94. The summed E-state index contributed by atoms with van der Waals surface area (Å²) in [5.74, 6) is 0. The first kappa shape index (κ1) is 19.4. The fraction of sp³-hybridized carbons (Fsp3) is 0.667. The molecule has 0 radical (unpaired) electrons. The van der Waals surface area contributed by atoms with E-state index in [1.807, 2.05) is 18.2 Å². The largest absolute Gasteiger partial charge is 0.302 e. The summed E-state index contributed by atoms with van der Waals surface area (Å²) in [6.45, 7) is 2.23. The van der Waals surface area contributed by atoms with Gasteiger partial charge >= 0.3 is 0 Å². The lowest BCUT2D eigenvalue weighted by Gasteiger charge is -2.30. The Bertz CT molecular complexity index is 571. The van der Waals surface area contributed by atoms with Crippen molar-refractivity contribution in [1.29, 1.82) is 0 Å². The predicted octanol–water partition coefficient (Wildman–Crippen LogP) is 2.61. The number of benzene rings is 1. The highest BCUT2D eigenvalue weighted by molar-refractivity contribution is 7.87. The fourth-order valence-electron chi connectivity index (χ4n) is 3.27. The Morgan fingerprint density at radius 3 is 2.42 bits per heavy atom. The molecule has 24 heavy (non-hydrogen) atoms. The molecular weight excluding hydrogens is 322 g/mol. The second kappa shape index (κ2) is 9.51. The summed E-state index contributed by atoms with van der Waals surface area (Å²) in [4.78, 5) is 2.22. The zero-order chi connectivity index (χ0) is 17.4. The third-order valence-electron chi connectivity index (χ3n) is 4.76. The van der Waals surface area contributed by atoms with Crippen molar-refractivity contribution in [3.05, 3.63) is 35.9 Å². The molecule has 1 saturated carbocycles. The molecule has 136 valence electrons. The number of nitrogens with one attached hydrogen (secondary N) is 1. The van der Waals surface area contributed by atoms with Crippen molar-refractivity contribution >= 4 is 10.2 Å². The zero-order valence-electron chi connectivity index (χ0n) is 14.9. The van der Waals surface area contributed by atoms with Crippen molar-refractivity contribution < 1.29 is 8.42 Å². The Morgan fingerprint density at radius 1 is 1.08 bits per heavy atom. The summed E-state index contributed by atoms with van der Waals surface area (Å²) in [5, 5.41) is 0. The topological polar surface area (TPSA) is 52.7 Å². The van der Waals surface area contributed by atoms with Gasteiger partial charge in [-0.05, 0) is 38.4 Å². The van der Waals surface area contributed by atoms with Crippen molar-refractivity contribution in [2.45, 2.75) is 51.1 Å². The van der Waals surface area contributed by atoms with Crippen molar-refractivity contribution in [2.75, 3.05) is 27.2 Å². The third-order valence-corrected chi connectivity index (χ3v) is 6.39. The van der Waals surface area contributed by atoms with E-state index in [-0.39, 0.29) is 6.04 Å². The monoisotopic (exact) mass is 353 g/mol. The van der Waals surface area contributed by atoms with Crippen LogP contribution in [0.1, 0.15) is 44.1 Å². The van der Waals surface area contributed by atoms with E-state index < -0.39 is 10.2 Å². The highest BCUT2D eigenvalue weighted by atomic mass is 32.2. The van der Waals surface area contributed by atoms with Gasteiger partial charge in [-0.25, -0.2) is 4.72 Å². The maximum absolute atomic E-state index is 12.4. The smallest absolute Gasteiger partial charge is 0.279 e. The molecule has 1 aliphatic rings. The van der Waals surface area contributed by atoms with Crippen LogP contribution in [0.5, 0.6) is 0 Å². The van der Waals surface area contributed by atoms with Crippen LogP contribution in [0.3, 0.4) is 0 Å². The lowest BCUT2D eigenvalue weighted by Crippen LogP contribution is -2.45. The van der Waals surface area contributed by atoms with Gasteiger partial charge in [0.15, 0.2) is 0 Å². The van der Waals surface area contributed by atoms with Crippen LogP contribution in [-0.4, -0.2) is 50.8 Å². The van der Waals surface area contributed by atoms with Crippen molar-refractivity contribution in [3.63, 3.8) is 0 Å². The van der Waals surface area contributed by atoms with Gasteiger partial charge in [0.25, 0.3) is 10.2 Å². The molecule has 0 atom stereocenters. The van der Waals surface area contributed by atoms with Crippen LogP contribution in [0.2, 0.25) is 0 Å². The predicted molar refractivity (Wildman–Crippen MR) is 99.0 cm³/mol. The summed E-state index contributed by atoms with van der Waals surface area (Å²) >= 11 is 0. The minimum Gasteiger partial charge on any atom is -0.302 e. The molecule has 2 rings (SSSR count). The van der Waals surface area contributed by atoms with E-state index in [0.717, 1.165) is 45.2 Å². The lowest BCUT2D eigenvalue weighted by molar-refractivity contribution is 0.282. The second-order valence-electron chi connectivity index (χ2n) is 6.78. The maximum atomic E-state index is 12.4. The molecule has 1 aliphatic carbocycles. The van der Waals surface area contributed by atoms with E-state index in [1.165, 1.54) is 12.0 Å². The molecular formula is C18H31N3O2S. The number of nitrogens with zero attached hydrogens (tertiary/aromatic N) is 2. The molecule has 5 nitrogen and oxygen atoms in total. The average Bonchev–Trinajstić information content (AvgIpc) is 2.60. The summed E-state index contributed by atoms with van der Waals surface area (Å²) in [5.41, 5.74) is 1.28. The molecule has 0 saturated heterocycles. The molecule has 0 amide bonds. The van der Waals surface area contributed by atoms with Crippen LogP contribution in [0.4, 0.5) is 0 Å². The van der Waals surface area contributed by atoms with Gasteiger partial charge in [0, 0.05) is 26.2 Å². The van der Waals surface area contributed by atoms with E-state index in [1.54, 1.807) is 11.4 Å². The van der Waals surface area contributed by atoms with E-state index in [9.17, 15) is 8.42 Å². The summed E-state index contributed by atoms with van der Waals surface area (Å²) in [6, 6.07) is 10.5. The van der Waals surface area contributed by atoms with Gasteiger partial charge < -0.3 is 4.90 Å². The van der Waals surface area contributed by atoms with Crippen molar-refractivity contribution in [3.8, 4) is 0 Å². The van der Waals surface area contributed by atoms with Crippen molar-refractivity contribution in [1.82, 2.24) is 13.9 Å². The van der Waals surface area contributed by atoms with Gasteiger partial charge in [-0.2, -0.15) is 12.7 Å². The molecule has 1 N–H and O–H groups in total. The van der Waals surface area contributed by atoms with E-state index in [2.05, 4.69) is 28.8 Å². The summed E-state index contributed by atoms with van der Waals surface area (Å²) < 4.78 is 29.0. The number of rotatable bonds is 9. The molecule has 1 aromatic carbocycles. The maximum Gasteiger partial charge on any atom is 0.279 e. The average molecular weight is 354 g/mol. The van der Waals surface area contributed by atoms with Crippen LogP contribution in [0.15, 0.2) is 30.3 Å². The molecule has 0 aliphatic heterocycles. The standard InChI is InChI=1S/C18H31N3O2S/c1-20(16-17-10-5-3-6-11-17)15-9-14-19-24(22,23)21(2)18-12-7-4-8-13-18/h3,5-6,10-11,18-19H,4,7-9,12-16H2,1-2H3. The highest BCUT2D eigenvalue weighted by Crippen LogP contribution is 2.22. The lowest BCUT2D eigenvalue weighted by atomic mass is 9.96. The fourth-order valence-corrected chi connectivity index (χ4v) is 4.48. The molecule has 1 fully saturated rings. The van der Waals surface area contributed by atoms with Crippen LogP contribution < -0.4 is 4.72 Å². The SMILES string of the molecule is CN(CCCNS(=O)(=O)N(C)C1CCCCC1)Cc1ccccc1. The van der Waals surface area contributed by atoms with Crippen LogP contribution in [-0.2, 0) is 16.8 Å². The number of hydrogen-bond donors (Lipinski definition) is 1. The summed E-state index contributed by atoms with van der Waals surface area (Å²) in [7, 11) is 0.421. The number of hydrogen-bond acceptors (Lipinski definition) is 3. The first-order valence-corrected chi connectivity index (χ1v) is 10.4. The summed E-state index contributed by atoms with van der Waals surface area (Å²) in [6.07, 6.45) is 6.27. The third kappa shape index (κ3) is 6.16. The Labute approximate surface area is 147 Å². The molecule has 6 heteroatoms. The van der Waals surface area contributed by atoms with Gasteiger partial charge in [0.05, 0.1) is 0 Å². The van der Waals surface area contributed by atoms with Crippen LogP contribution in [0.25, 0.3) is 0 Å².